The summed E-state index contributed by atoms with van der Waals surface area (Å²) in [5, 5.41) is 6.21. The maximum atomic E-state index is 11.9. The van der Waals surface area contributed by atoms with Crippen LogP contribution in [0.3, 0.4) is 0 Å². The van der Waals surface area contributed by atoms with Crippen LogP contribution in [-0.4, -0.2) is 30.2 Å². The van der Waals surface area contributed by atoms with Crippen LogP contribution < -0.4 is 14.8 Å². The first-order valence-corrected chi connectivity index (χ1v) is 8.84. The largest absolute Gasteiger partial charge is 0.463 e. The van der Waals surface area contributed by atoms with Crippen LogP contribution in [0.2, 0.25) is 0 Å². The second-order valence-corrected chi connectivity index (χ2v) is 6.21. The molecule has 2 aromatic carbocycles. The molecule has 3 aromatic rings. The number of ether oxygens (including phenoxy) is 3. The number of esters is 1. The summed E-state index contributed by atoms with van der Waals surface area (Å²) in [6.45, 7) is 2.90. The molecule has 0 fully saturated rings. The van der Waals surface area contributed by atoms with Gasteiger partial charge in [0.05, 0.1) is 0 Å². The number of benzene rings is 2. The van der Waals surface area contributed by atoms with Gasteiger partial charge in [-0.3, -0.25) is 4.79 Å². The highest BCUT2D eigenvalue weighted by atomic mass is 16.6. The molecule has 0 unspecified atom stereocenters. The van der Waals surface area contributed by atoms with Crippen LogP contribution in [0.5, 0.6) is 17.4 Å². The number of carbonyl (C=O) groups excluding carboxylic acids is 2. The number of amides is 1. The molecule has 1 heterocycles. The number of carbonyl (C=O) groups is 2. The highest BCUT2D eigenvalue weighted by Crippen LogP contribution is 2.23. The lowest BCUT2D eigenvalue weighted by Crippen LogP contribution is -2.23. The summed E-state index contributed by atoms with van der Waals surface area (Å²) in [6, 6.07) is 16.1. The van der Waals surface area contributed by atoms with E-state index in [-0.39, 0.29) is 12.5 Å². The second-order valence-electron chi connectivity index (χ2n) is 6.21. The zero-order valence-corrected chi connectivity index (χ0v) is 16.0. The molecule has 1 aromatic heterocycles. The lowest BCUT2D eigenvalue weighted by molar-refractivity contribution is -0.149. The van der Waals surface area contributed by atoms with Crippen molar-refractivity contribution in [1.82, 2.24) is 5.16 Å². The van der Waals surface area contributed by atoms with Crippen molar-refractivity contribution in [3.63, 3.8) is 0 Å². The van der Waals surface area contributed by atoms with Crippen LogP contribution in [-0.2, 0) is 14.3 Å². The molecule has 8 heteroatoms. The van der Waals surface area contributed by atoms with Gasteiger partial charge in [-0.1, -0.05) is 17.7 Å². The van der Waals surface area contributed by atoms with E-state index in [0.717, 1.165) is 11.3 Å². The summed E-state index contributed by atoms with van der Waals surface area (Å²) in [5.74, 6) is 0.936. The Labute approximate surface area is 167 Å². The molecule has 0 spiro atoms. The van der Waals surface area contributed by atoms with E-state index in [9.17, 15) is 9.59 Å². The van der Waals surface area contributed by atoms with E-state index in [1.165, 1.54) is 6.07 Å². The molecule has 0 saturated heterocycles. The molecule has 0 saturated carbocycles. The molecule has 0 aliphatic heterocycles. The number of aromatic nitrogens is 1. The van der Waals surface area contributed by atoms with E-state index < -0.39 is 18.5 Å². The van der Waals surface area contributed by atoms with Crippen LogP contribution in [0.4, 0.5) is 5.69 Å². The minimum atomic E-state index is -0.692. The summed E-state index contributed by atoms with van der Waals surface area (Å²) in [6.07, 6.45) is 0. The Balaban J connectivity index is 1.40. The van der Waals surface area contributed by atoms with Gasteiger partial charge in [0, 0.05) is 11.8 Å². The number of anilines is 1. The summed E-state index contributed by atoms with van der Waals surface area (Å²) < 4.78 is 20.5. The third-order valence-corrected chi connectivity index (χ3v) is 3.70. The lowest BCUT2D eigenvalue weighted by Gasteiger charge is -2.09. The van der Waals surface area contributed by atoms with Gasteiger partial charge in [-0.15, -0.1) is 0 Å². The Hall–Kier alpha value is -3.81. The second kappa shape index (κ2) is 9.41. The van der Waals surface area contributed by atoms with Crippen molar-refractivity contribution >= 4 is 17.6 Å². The maximum absolute atomic E-state index is 11.9. The van der Waals surface area contributed by atoms with Crippen LogP contribution in [0.1, 0.15) is 11.3 Å². The summed E-state index contributed by atoms with van der Waals surface area (Å²) in [7, 11) is 0. The molecule has 0 aliphatic rings. The first-order valence-electron chi connectivity index (χ1n) is 8.84. The van der Waals surface area contributed by atoms with Crippen LogP contribution >= 0.6 is 0 Å². The number of aryl methyl sites for hydroxylation is 2. The van der Waals surface area contributed by atoms with E-state index in [4.69, 9.17) is 18.7 Å². The summed E-state index contributed by atoms with van der Waals surface area (Å²) >= 11 is 0. The average molecular weight is 396 g/mol. The van der Waals surface area contributed by atoms with E-state index >= 15 is 0 Å². The van der Waals surface area contributed by atoms with Gasteiger partial charge in [-0.25, -0.2) is 4.79 Å². The molecule has 0 bridgehead atoms. The van der Waals surface area contributed by atoms with Gasteiger partial charge in [-0.05, 0) is 55.4 Å². The van der Waals surface area contributed by atoms with E-state index in [0.29, 0.717) is 17.2 Å². The van der Waals surface area contributed by atoms with Crippen molar-refractivity contribution in [2.24, 2.45) is 0 Å². The quantitative estimate of drug-likeness (QED) is 0.580. The molecular weight excluding hydrogens is 376 g/mol. The number of hydrogen-bond acceptors (Lipinski definition) is 7. The Kier molecular flexibility index (Phi) is 6.47. The standard InChI is InChI=1S/C21H20N2O6/c1-14-3-7-17(8-4-14)28-18-9-5-16(6-10-18)22-19(24)12-27-21(25)13-26-20-11-15(2)29-23-20/h3-11H,12-13H2,1-2H3,(H,22,24). The fourth-order valence-electron chi connectivity index (χ4n) is 2.28. The number of rotatable bonds is 8. The Morgan fingerprint density at radius 2 is 1.62 bits per heavy atom. The zero-order chi connectivity index (χ0) is 20.6. The molecule has 0 atom stereocenters. The minimum Gasteiger partial charge on any atom is -0.463 e. The zero-order valence-electron chi connectivity index (χ0n) is 16.0. The van der Waals surface area contributed by atoms with Crippen LogP contribution in [0.25, 0.3) is 0 Å². The molecule has 0 radical (unpaired) electrons. The lowest BCUT2D eigenvalue weighted by atomic mass is 10.2. The SMILES string of the molecule is Cc1ccc(Oc2ccc(NC(=O)COC(=O)COc3cc(C)on3)cc2)cc1. The van der Waals surface area contributed by atoms with Gasteiger partial charge in [0.1, 0.15) is 17.3 Å². The molecule has 150 valence electrons. The summed E-state index contributed by atoms with van der Waals surface area (Å²) in [5.41, 5.74) is 1.70. The molecule has 3 rings (SSSR count). The fraction of sp³-hybridized carbons (Fsp3) is 0.190. The highest BCUT2D eigenvalue weighted by Gasteiger charge is 2.10. The van der Waals surface area contributed by atoms with E-state index in [1.807, 2.05) is 31.2 Å². The highest BCUT2D eigenvalue weighted by molar-refractivity contribution is 5.92. The van der Waals surface area contributed by atoms with E-state index in [2.05, 4.69) is 10.5 Å². The number of hydrogen-bond donors (Lipinski definition) is 1. The smallest absolute Gasteiger partial charge is 0.344 e. The Morgan fingerprint density at radius 1 is 0.966 bits per heavy atom. The fourth-order valence-corrected chi connectivity index (χ4v) is 2.28. The van der Waals surface area contributed by atoms with Gasteiger partial charge in [0.15, 0.2) is 13.2 Å². The molecule has 0 aliphatic carbocycles. The third-order valence-electron chi connectivity index (χ3n) is 3.70. The Morgan fingerprint density at radius 3 is 2.24 bits per heavy atom. The van der Waals surface area contributed by atoms with Crippen molar-refractivity contribution in [1.29, 1.82) is 0 Å². The Bertz CT molecular complexity index is 964. The average Bonchev–Trinajstić information content (AvgIpc) is 3.13. The minimum absolute atomic E-state index is 0.178. The van der Waals surface area contributed by atoms with Crippen molar-refractivity contribution in [2.45, 2.75) is 13.8 Å². The normalized spacial score (nSPS) is 10.3. The number of nitrogens with zero attached hydrogens (tertiary/aromatic N) is 1. The summed E-state index contributed by atoms with van der Waals surface area (Å²) in [4.78, 5) is 23.5. The molecular formula is C21H20N2O6. The predicted molar refractivity (Wildman–Crippen MR) is 104 cm³/mol. The van der Waals surface area contributed by atoms with Crippen molar-refractivity contribution < 1.29 is 28.3 Å². The van der Waals surface area contributed by atoms with Gasteiger partial charge in [-0.2, -0.15) is 0 Å². The first kappa shape index (κ1) is 19.9. The van der Waals surface area contributed by atoms with Gasteiger partial charge >= 0.3 is 5.97 Å². The molecule has 1 N–H and O–H groups in total. The van der Waals surface area contributed by atoms with Crippen LogP contribution in [0, 0.1) is 13.8 Å². The van der Waals surface area contributed by atoms with Gasteiger partial charge in [0.25, 0.3) is 11.8 Å². The number of nitrogens with one attached hydrogen (secondary N) is 1. The third kappa shape index (κ3) is 6.39. The monoisotopic (exact) mass is 396 g/mol. The molecule has 8 nitrogen and oxygen atoms in total. The topological polar surface area (TPSA) is 99.9 Å². The van der Waals surface area contributed by atoms with Gasteiger partial charge < -0.3 is 24.1 Å². The van der Waals surface area contributed by atoms with Crippen molar-refractivity contribution in [3.8, 4) is 17.4 Å². The first-order chi connectivity index (χ1) is 14.0. The molecule has 1 amide bonds. The molecule has 29 heavy (non-hydrogen) atoms. The van der Waals surface area contributed by atoms with Gasteiger partial charge in [0.2, 0.25) is 0 Å². The van der Waals surface area contributed by atoms with E-state index in [1.54, 1.807) is 31.2 Å². The van der Waals surface area contributed by atoms with Crippen molar-refractivity contribution in [2.75, 3.05) is 18.5 Å². The predicted octanol–water partition coefficient (Wildman–Crippen LogP) is 3.64. The maximum Gasteiger partial charge on any atom is 0.344 e. The van der Waals surface area contributed by atoms with Crippen molar-refractivity contribution in [3.05, 3.63) is 65.9 Å². The van der Waals surface area contributed by atoms with Crippen LogP contribution in [0.15, 0.2) is 59.1 Å².